The summed E-state index contributed by atoms with van der Waals surface area (Å²) in [4.78, 5) is 10.2. The number of allylic oxidation sites excluding steroid dienone is 3. The van der Waals surface area contributed by atoms with Crippen LogP contribution in [-0.2, 0) is 11.2 Å². The predicted molar refractivity (Wildman–Crippen MR) is 75.3 cm³/mol. The quantitative estimate of drug-likeness (QED) is 0.474. The van der Waals surface area contributed by atoms with Crippen LogP contribution < -0.4 is 0 Å². The third kappa shape index (κ3) is 5.89. The number of hydrogen-bond acceptors (Lipinski definition) is 1. The zero-order valence-electron chi connectivity index (χ0n) is 9.77. The van der Waals surface area contributed by atoms with E-state index in [1.165, 1.54) is 6.08 Å². The SMILES string of the molecule is O=C(O)/C=C/C=C/CCCc1ccc(Cl)c(Cl)c1. The number of carboxylic acid groups (broad SMARTS) is 1. The summed E-state index contributed by atoms with van der Waals surface area (Å²) in [6.45, 7) is 0. The Hall–Kier alpha value is -1.25. The molecule has 0 radical (unpaired) electrons. The van der Waals surface area contributed by atoms with Gasteiger partial charge in [-0.3, -0.25) is 0 Å². The fraction of sp³-hybridized carbons (Fsp3) is 0.214. The molecule has 0 aliphatic heterocycles. The second-order valence-corrected chi connectivity index (χ2v) is 4.58. The van der Waals surface area contributed by atoms with Crippen molar-refractivity contribution in [2.75, 3.05) is 0 Å². The molecule has 4 heteroatoms. The van der Waals surface area contributed by atoms with E-state index in [0.717, 1.165) is 30.9 Å². The molecule has 1 aromatic rings. The summed E-state index contributed by atoms with van der Waals surface area (Å²) in [6.07, 6.45) is 9.10. The number of carboxylic acids is 1. The Kier molecular flexibility index (Phi) is 6.55. The topological polar surface area (TPSA) is 37.3 Å². The predicted octanol–water partition coefficient (Wildman–Crippen LogP) is 4.51. The summed E-state index contributed by atoms with van der Waals surface area (Å²) < 4.78 is 0. The first-order valence-electron chi connectivity index (χ1n) is 5.59. The van der Waals surface area contributed by atoms with Gasteiger partial charge in [0.1, 0.15) is 0 Å². The van der Waals surface area contributed by atoms with Crippen LogP contribution >= 0.6 is 23.2 Å². The average Bonchev–Trinajstić information content (AvgIpc) is 2.32. The molecule has 2 nitrogen and oxygen atoms in total. The highest BCUT2D eigenvalue weighted by Gasteiger charge is 1.98. The minimum Gasteiger partial charge on any atom is -0.478 e. The highest BCUT2D eigenvalue weighted by molar-refractivity contribution is 6.42. The van der Waals surface area contributed by atoms with E-state index >= 15 is 0 Å². The van der Waals surface area contributed by atoms with E-state index in [9.17, 15) is 4.79 Å². The molecule has 1 aromatic carbocycles. The fourth-order valence-corrected chi connectivity index (χ4v) is 1.75. The second kappa shape index (κ2) is 7.96. The molecule has 0 aromatic heterocycles. The van der Waals surface area contributed by atoms with Crippen LogP contribution in [0.25, 0.3) is 0 Å². The van der Waals surface area contributed by atoms with Crippen molar-refractivity contribution < 1.29 is 9.90 Å². The zero-order chi connectivity index (χ0) is 13.4. The van der Waals surface area contributed by atoms with Gasteiger partial charge in [0.05, 0.1) is 10.0 Å². The molecular weight excluding hydrogens is 271 g/mol. The van der Waals surface area contributed by atoms with E-state index in [0.29, 0.717) is 10.0 Å². The summed E-state index contributed by atoms with van der Waals surface area (Å²) in [6, 6.07) is 5.63. The Morgan fingerprint density at radius 3 is 2.67 bits per heavy atom. The molecule has 0 saturated heterocycles. The van der Waals surface area contributed by atoms with Gasteiger partial charge in [-0.25, -0.2) is 4.79 Å². The van der Waals surface area contributed by atoms with Crippen LogP contribution in [0.15, 0.2) is 42.5 Å². The molecule has 0 atom stereocenters. The van der Waals surface area contributed by atoms with Gasteiger partial charge < -0.3 is 5.11 Å². The van der Waals surface area contributed by atoms with E-state index < -0.39 is 5.97 Å². The summed E-state index contributed by atoms with van der Waals surface area (Å²) in [5.74, 6) is -0.935. The molecule has 1 rings (SSSR count). The van der Waals surface area contributed by atoms with E-state index in [4.69, 9.17) is 28.3 Å². The summed E-state index contributed by atoms with van der Waals surface area (Å²) >= 11 is 11.7. The minimum absolute atomic E-state index is 0.569. The van der Waals surface area contributed by atoms with Crippen LogP contribution in [0.2, 0.25) is 10.0 Å². The third-order valence-electron chi connectivity index (χ3n) is 2.31. The first-order chi connectivity index (χ1) is 8.59. The van der Waals surface area contributed by atoms with Crippen molar-refractivity contribution in [1.82, 2.24) is 0 Å². The van der Waals surface area contributed by atoms with Crippen LogP contribution in [0.3, 0.4) is 0 Å². The first-order valence-corrected chi connectivity index (χ1v) is 6.35. The molecule has 0 heterocycles. The Bertz CT molecular complexity index is 465. The molecule has 0 bridgehead atoms. The number of hydrogen-bond donors (Lipinski definition) is 1. The van der Waals surface area contributed by atoms with E-state index in [1.807, 2.05) is 18.2 Å². The van der Waals surface area contributed by atoms with Crippen molar-refractivity contribution in [2.24, 2.45) is 0 Å². The van der Waals surface area contributed by atoms with Crippen LogP contribution in [0.4, 0.5) is 0 Å². The standard InChI is InChI=1S/C14H14Cl2O2/c15-12-9-8-11(10-13(12)16)6-4-2-1-3-5-7-14(17)18/h1,3,5,7-10H,2,4,6H2,(H,17,18)/b3-1+,7-5+. The van der Waals surface area contributed by atoms with Crippen molar-refractivity contribution >= 4 is 29.2 Å². The number of halogens is 2. The number of rotatable bonds is 6. The Morgan fingerprint density at radius 1 is 1.22 bits per heavy atom. The lowest BCUT2D eigenvalue weighted by Crippen LogP contribution is -1.85. The first kappa shape index (κ1) is 14.8. The number of aryl methyl sites for hydroxylation is 1. The highest BCUT2D eigenvalue weighted by Crippen LogP contribution is 2.23. The van der Waals surface area contributed by atoms with Gasteiger partial charge in [-0.2, -0.15) is 0 Å². The maximum absolute atomic E-state index is 10.2. The maximum atomic E-state index is 10.2. The molecule has 1 N–H and O–H groups in total. The van der Waals surface area contributed by atoms with Gasteiger partial charge in [0, 0.05) is 6.08 Å². The fourth-order valence-electron chi connectivity index (χ4n) is 1.43. The van der Waals surface area contributed by atoms with Gasteiger partial charge in [-0.15, -0.1) is 0 Å². The van der Waals surface area contributed by atoms with Crippen molar-refractivity contribution in [1.29, 1.82) is 0 Å². The normalized spacial score (nSPS) is 11.4. The lowest BCUT2D eigenvalue weighted by atomic mass is 10.1. The van der Waals surface area contributed by atoms with Crippen molar-refractivity contribution in [3.63, 3.8) is 0 Å². The zero-order valence-corrected chi connectivity index (χ0v) is 11.3. The summed E-state index contributed by atoms with van der Waals surface area (Å²) in [7, 11) is 0. The van der Waals surface area contributed by atoms with Crippen LogP contribution in [0, 0.1) is 0 Å². The molecule has 0 spiro atoms. The highest BCUT2D eigenvalue weighted by atomic mass is 35.5. The molecular formula is C14H14Cl2O2. The van der Waals surface area contributed by atoms with Crippen molar-refractivity contribution in [3.8, 4) is 0 Å². The average molecular weight is 285 g/mol. The van der Waals surface area contributed by atoms with Crippen LogP contribution in [0.5, 0.6) is 0 Å². The smallest absolute Gasteiger partial charge is 0.328 e. The molecule has 18 heavy (non-hydrogen) atoms. The lowest BCUT2D eigenvalue weighted by molar-refractivity contribution is -0.131. The number of carbonyl (C=O) groups is 1. The van der Waals surface area contributed by atoms with Gasteiger partial charge in [0.25, 0.3) is 0 Å². The van der Waals surface area contributed by atoms with Gasteiger partial charge in [0.2, 0.25) is 0 Å². The molecule has 0 fully saturated rings. The van der Waals surface area contributed by atoms with E-state index in [1.54, 1.807) is 12.1 Å². The molecule has 0 amide bonds. The van der Waals surface area contributed by atoms with Crippen LogP contribution in [0.1, 0.15) is 18.4 Å². The molecule has 0 aliphatic carbocycles. The van der Waals surface area contributed by atoms with Crippen molar-refractivity contribution in [3.05, 3.63) is 58.1 Å². The van der Waals surface area contributed by atoms with Gasteiger partial charge >= 0.3 is 5.97 Å². The number of aliphatic carboxylic acids is 1. The van der Waals surface area contributed by atoms with Crippen molar-refractivity contribution in [2.45, 2.75) is 19.3 Å². The van der Waals surface area contributed by atoms with Gasteiger partial charge in [-0.05, 0) is 37.0 Å². The maximum Gasteiger partial charge on any atom is 0.328 e. The van der Waals surface area contributed by atoms with Crippen LogP contribution in [-0.4, -0.2) is 11.1 Å². The van der Waals surface area contributed by atoms with Gasteiger partial charge in [-0.1, -0.05) is 47.5 Å². The molecule has 0 saturated carbocycles. The van der Waals surface area contributed by atoms with E-state index in [-0.39, 0.29) is 0 Å². The molecule has 0 aliphatic rings. The third-order valence-corrected chi connectivity index (χ3v) is 3.05. The Morgan fingerprint density at radius 2 is 2.00 bits per heavy atom. The second-order valence-electron chi connectivity index (χ2n) is 3.77. The van der Waals surface area contributed by atoms with Gasteiger partial charge in [0.15, 0.2) is 0 Å². The molecule has 96 valence electrons. The summed E-state index contributed by atoms with van der Waals surface area (Å²) in [5, 5.41) is 9.52. The minimum atomic E-state index is -0.935. The lowest BCUT2D eigenvalue weighted by Gasteiger charge is -2.01. The number of unbranched alkanes of at least 4 members (excludes halogenated alkanes) is 1. The molecule has 0 unspecified atom stereocenters. The largest absolute Gasteiger partial charge is 0.478 e. The summed E-state index contributed by atoms with van der Waals surface area (Å²) in [5.41, 5.74) is 1.15. The monoisotopic (exact) mass is 284 g/mol. The Balaban J connectivity index is 2.29. The number of benzene rings is 1. The van der Waals surface area contributed by atoms with E-state index in [2.05, 4.69) is 0 Å². The Labute approximate surface area is 117 Å².